The number of benzene rings is 1. The van der Waals surface area contributed by atoms with Crippen LogP contribution in [0.5, 0.6) is 5.75 Å². The Labute approximate surface area is 153 Å². The molecule has 0 aromatic heterocycles. The summed E-state index contributed by atoms with van der Waals surface area (Å²) in [6.45, 7) is -1.34. The van der Waals surface area contributed by atoms with Gasteiger partial charge in [-0.15, -0.1) is 0 Å². The SMILES string of the molecule is COC(=O)CN(CC(=O)OC)C(=O)COc1cc(Cl)c(Cl)cc1Cl. The van der Waals surface area contributed by atoms with E-state index >= 15 is 0 Å². The van der Waals surface area contributed by atoms with Crippen LogP contribution in [0.3, 0.4) is 0 Å². The molecule has 1 amide bonds. The maximum atomic E-state index is 12.2. The van der Waals surface area contributed by atoms with Gasteiger partial charge < -0.3 is 19.1 Å². The zero-order valence-corrected chi connectivity index (χ0v) is 15.1. The largest absolute Gasteiger partial charge is 0.482 e. The molecule has 0 unspecified atom stereocenters. The average Bonchev–Trinajstić information content (AvgIpc) is 2.55. The Balaban J connectivity index is 2.78. The first kappa shape index (κ1) is 20.3. The van der Waals surface area contributed by atoms with Crippen LogP contribution in [0, 0.1) is 0 Å². The number of halogens is 3. The molecule has 10 heteroatoms. The fraction of sp³-hybridized carbons (Fsp3) is 0.357. The number of hydrogen-bond donors (Lipinski definition) is 0. The number of esters is 2. The molecule has 0 saturated heterocycles. The van der Waals surface area contributed by atoms with Gasteiger partial charge in [-0.1, -0.05) is 34.8 Å². The highest BCUT2D eigenvalue weighted by Crippen LogP contribution is 2.33. The summed E-state index contributed by atoms with van der Waals surface area (Å²) in [5.74, 6) is -1.90. The van der Waals surface area contributed by atoms with E-state index in [2.05, 4.69) is 9.47 Å². The van der Waals surface area contributed by atoms with E-state index in [4.69, 9.17) is 39.5 Å². The van der Waals surface area contributed by atoms with Crippen molar-refractivity contribution in [3.05, 3.63) is 27.2 Å². The van der Waals surface area contributed by atoms with E-state index in [9.17, 15) is 14.4 Å². The van der Waals surface area contributed by atoms with E-state index in [-0.39, 0.29) is 20.8 Å². The Kier molecular flexibility index (Phi) is 8.10. The van der Waals surface area contributed by atoms with Gasteiger partial charge in [0.1, 0.15) is 18.8 Å². The molecule has 0 saturated carbocycles. The highest BCUT2D eigenvalue weighted by Gasteiger charge is 2.22. The number of rotatable bonds is 7. The smallest absolute Gasteiger partial charge is 0.325 e. The highest BCUT2D eigenvalue weighted by atomic mass is 35.5. The van der Waals surface area contributed by atoms with Crippen LogP contribution in [0.25, 0.3) is 0 Å². The van der Waals surface area contributed by atoms with Crippen LogP contribution >= 0.6 is 34.8 Å². The number of amides is 1. The van der Waals surface area contributed by atoms with Gasteiger partial charge in [0, 0.05) is 6.07 Å². The van der Waals surface area contributed by atoms with Crippen molar-refractivity contribution in [2.45, 2.75) is 0 Å². The zero-order chi connectivity index (χ0) is 18.3. The highest BCUT2D eigenvalue weighted by molar-refractivity contribution is 6.43. The van der Waals surface area contributed by atoms with Crippen LogP contribution < -0.4 is 4.74 Å². The normalized spacial score (nSPS) is 10.0. The summed E-state index contributed by atoms with van der Waals surface area (Å²) in [4.78, 5) is 35.8. The quantitative estimate of drug-likeness (QED) is 0.517. The van der Waals surface area contributed by atoms with Crippen molar-refractivity contribution in [3.8, 4) is 5.75 Å². The molecule has 0 N–H and O–H groups in total. The lowest BCUT2D eigenvalue weighted by Gasteiger charge is -2.20. The molecule has 0 aliphatic carbocycles. The van der Waals surface area contributed by atoms with Gasteiger partial charge in [-0.25, -0.2) is 0 Å². The molecule has 132 valence electrons. The van der Waals surface area contributed by atoms with Gasteiger partial charge in [0.25, 0.3) is 5.91 Å². The number of carbonyl (C=O) groups excluding carboxylic acids is 3. The lowest BCUT2D eigenvalue weighted by atomic mass is 10.3. The molecule has 0 radical (unpaired) electrons. The summed E-state index contributed by atoms with van der Waals surface area (Å²) in [5, 5.41) is 0.590. The molecule has 1 rings (SSSR count). The van der Waals surface area contributed by atoms with Gasteiger partial charge in [0.15, 0.2) is 6.61 Å². The second-order valence-electron chi connectivity index (χ2n) is 4.39. The third kappa shape index (κ3) is 6.07. The number of hydrogen-bond acceptors (Lipinski definition) is 6. The summed E-state index contributed by atoms with van der Waals surface area (Å²) in [6, 6.07) is 2.72. The monoisotopic (exact) mass is 397 g/mol. The van der Waals surface area contributed by atoms with Crippen LogP contribution in [0.4, 0.5) is 0 Å². The fourth-order valence-corrected chi connectivity index (χ4v) is 2.11. The molecule has 0 bridgehead atoms. The molecule has 1 aromatic carbocycles. The van der Waals surface area contributed by atoms with E-state index in [1.807, 2.05) is 0 Å². The maximum Gasteiger partial charge on any atom is 0.325 e. The molecule has 0 aliphatic heterocycles. The second-order valence-corrected chi connectivity index (χ2v) is 5.61. The molecule has 0 atom stereocenters. The van der Waals surface area contributed by atoms with Crippen LogP contribution in [-0.4, -0.2) is 56.7 Å². The molecule has 0 heterocycles. The standard InChI is InChI=1S/C14H14Cl3NO6/c1-22-13(20)5-18(6-14(21)23-2)12(19)7-24-11-4-9(16)8(15)3-10(11)17/h3-4H,5-7H2,1-2H3. The third-order valence-electron chi connectivity index (χ3n) is 2.77. The first-order valence-electron chi connectivity index (χ1n) is 6.47. The maximum absolute atomic E-state index is 12.2. The Hall–Kier alpha value is -1.70. The first-order chi connectivity index (χ1) is 11.3. The molecule has 0 spiro atoms. The Bertz CT molecular complexity index is 619. The van der Waals surface area contributed by atoms with Gasteiger partial charge >= 0.3 is 11.9 Å². The molecular formula is C14H14Cl3NO6. The van der Waals surface area contributed by atoms with E-state index in [1.165, 1.54) is 12.1 Å². The summed E-state index contributed by atoms with van der Waals surface area (Å²) >= 11 is 17.6. The summed E-state index contributed by atoms with van der Waals surface area (Å²) in [7, 11) is 2.32. The lowest BCUT2D eigenvalue weighted by Crippen LogP contribution is -2.42. The van der Waals surface area contributed by atoms with E-state index in [0.29, 0.717) is 0 Å². The lowest BCUT2D eigenvalue weighted by molar-refractivity contribution is -0.152. The predicted octanol–water partition coefficient (Wildman–Crippen LogP) is 2.20. The first-order valence-corrected chi connectivity index (χ1v) is 7.60. The van der Waals surface area contributed by atoms with Gasteiger partial charge in [0.05, 0.1) is 29.3 Å². The summed E-state index contributed by atoms with van der Waals surface area (Å²) < 4.78 is 14.2. The summed E-state index contributed by atoms with van der Waals surface area (Å²) in [5.41, 5.74) is 0. The average molecular weight is 399 g/mol. The van der Waals surface area contributed by atoms with Crippen molar-refractivity contribution < 1.29 is 28.6 Å². The van der Waals surface area contributed by atoms with Crippen LogP contribution in [0.1, 0.15) is 0 Å². The molecular weight excluding hydrogens is 385 g/mol. The van der Waals surface area contributed by atoms with Crippen molar-refractivity contribution in [1.82, 2.24) is 4.90 Å². The number of carbonyl (C=O) groups is 3. The number of methoxy groups -OCH3 is 2. The van der Waals surface area contributed by atoms with Crippen LogP contribution in [0.2, 0.25) is 15.1 Å². The Morgan fingerprint density at radius 3 is 1.92 bits per heavy atom. The van der Waals surface area contributed by atoms with E-state index < -0.39 is 37.5 Å². The Morgan fingerprint density at radius 1 is 0.917 bits per heavy atom. The van der Waals surface area contributed by atoms with Gasteiger partial charge in [-0.2, -0.15) is 0 Å². The van der Waals surface area contributed by atoms with Gasteiger partial charge in [-0.05, 0) is 6.07 Å². The predicted molar refractivity (Wildman–Crippen MR) is 87.6 cm³/mol. The molecule has 24 heavy (non-hydrogen) atoms. The van der Waals surface area contributed by atoms with Crippen molar-refractivity contribution >= 4 is 52.6 Å². The zero-order valence-electron chi connectivity index (χ0n) is 12.8. The van der Waals surface area contributed by atoms with Crippen molar-refractivity contribution in [2.24, 2.45) is 0 Å². The van der Waals surface area contributed by atoms with E-state index in [0.717, 1.165) is 19.1 Å². The summed E-state index contributed by atoms with van der Waals surface area (Å²) in [6.07, 6.45) is 0. The minimum absolute atomic E-state index is 0.135. The number of ether oxygens (including phenoxy) is 3. The minimum Gasteiger partial charge on any atom is -0.482 e. The van der Waals surface area contributed by atoms with Crippen molar-refractivity contribution in [3.63, 3.8) is 0 Å². The van der Waals surface area contributed by atoms with Crippen molar-refractivity contribution in [1.29, 1.82) is 0 Å². The van der Waals surface area contributed by atoms with Gasteiger partial charge in [-0.3, -0.25) is 14.4 Å². The second kappa shape index (κ2) is 9.56. The van der Waals surface area contributed by atoms with E-state index in [1.54, 1.807) is 0 Å². The Morgan fingerprint density at radius 2 is 1.42 bits per heavy atom. The fourth-order valence-electron chi connectivity index (χ4n) is 1.52. The van der Waals surface area contributed by atoms with Crippen LogP contribution in [0.15, 0.2) is 12.1 Å². The van der Waals surface area contributed by atoms with Crippen molar-refractivity contribution in [2.75, 3.05) is 33.9 Å². The third-order valence-corrected chi connectivity index (χ3v) is 3.79. The molecule has 1 aromatic rings. The molecule has 0 aliphatic rings. The van der Waals surface area contributed by atoms with Gasteiger partial charge in [0.2, 0.25) is 0 Å². The number of nitrogens with zero attached hydrogens (tertiary/aromatic N) is 1. The topological polar surface area (TPSA) is 82.1 Å². The van der Waals surface area contributed by atoms with Crippen LogP contribution in [-0.2, 0) is 23.9 Å². The molecule has 7 nitrogen and oxygen atoms in total. The minimum atomic E-state index is -0.695. The molecule has 0 fully saturated rings.